The number of aryl methyl sites for hydroxylation is 2. The summed E-state index contributed by atoms with van der Waals surface area (Å²) in [6.07, 6.45) is 0. The summed E-state index contributed by atoms with van der Waals surface area (Å²) >= 11 is 1.12. The minimum atomic E-state index is -3.77. The summed E-state index contributed by atoms with van der Waals surface area (Å²) in [6.45, 7) is 3.42. The normalized spacial score (nSPS) is 11.4. The van der Waals surface area contributed by atoms with E-state index >= 15 is 0 Å². The van der Waals surface area contributed by atoms with Gasteiger partial charge in [-0.25, -0.2) is 4.98 Å². The van der Waals surface area contributed by atoms with E-state index in [2.05, 4.69) is 4.98 Å². The molecule has 1 heterocycles. The fourth-order valence-corrected chi connectivity index (χ4v) is 3.75. The zero-order chi connectivity index (χ0) is 12.5. The molecule has 0 unspecified atom stereocenters. The Bertz CT molecular complexity index is 617. The van der Waals surface area contributed by atoms with Gasteiger partial charge in [-0.2, -0.15) is 8.42 Å². The highest BCUT2D eigenvalue weighted by Crippen LogP contribution is 2.26. The van der Waals surface area contributed by atoms with Gasteiger partial charge in [0.15, 0.2) is 4.21 Å². The van der Waals surface area contributed by atoms with Gasteiger partial charge >= 0.3 is 10.1 Å². The maximum atomic E-state index is 12.0. The highest BCUT2D eigenvalue weighted by Gasteiger charge is 2.22. The lowest BCUT2D eigenvalue weighted by atomic mass is 10.3. The Morgan fingerprint density at radius 3 is 2.35 bits per heavy atom. The molecule has 1 aromatic carbocycles. The first-order valence-electron chi connectivity index (χ1n) is 4.92. The second-order valence-electron chi connectivity index (χ2n) is 3.46. The number of nitrogens with zero attached hydrogens (tertiary/aromatic N) is 1. The van der Waals surface area contributed by atoms with Crippen molar-refractivity contribution in [2.75, 3.05) is 0 Å². The molecule has 0 radical (unpaired) electrons. The molecule has 0 N–H and O–H groups in total. The van der Waals surface area contributed by atoms with Crippen LogP contribution in [0, 0.1) is 13.8 Å². The van der Waals surface area contributed by atoms with Crippen molar-refractivity contribution in [1.82, 2.24) is 4.98 Å². The fourth-order valence-electron chi connectivity index (χ4n) is 1.39. The van der Waals surface area contributed by atoms with E-state index in [1.807, 2.05) is 0 Å². The molecule has 0 aliphatic rings. The second-order valence-corrected chi connectivity index (χ2v) is 6.40. The predicted molar refractivity (Wildman–Crippen MR) is 65.8 cm³/mol. The lowest BCUT2D eigenvalue weighted by Crippen LogP contribution is -2.09. The summed E-state index contributed by atoms with van der Waals surface area (Å²) in [7, 11) is -3.77. The van der Waals surface area contributed by atoms with Gasteiger partial charge in [-0.3, -0.25) is 0 Å². The SMILES string of the molecule is Cc1nc(C)c(S(=O)(=O)Oc2ccccc2)s1. The number of hydrogen-bond acceptors (Lipinski definition) is 5. The van der Waals surface area contributed by atoms with Crippen LogP contribution >= 0.6 is 11.3 Å². The molecule has 0 saturated carbocycles. The van der Waals surface area contributed by atoms with Crippen LogP contribution in [0.2, 0.25) is 0 Å². The summed E-state index contributed by atoms with van der Waals surface area (Å²) < 4.78 is 29.2. The number of para-hydroxylation sites is 1. The molecule has 0 atom stereocenters. The summed E-state index contributed by atoms with van der Waals surface area (Å²) in [6, 6.07) is 8.42. The molecule has 17 heavy (non-hydrogen) atoms. The van der Waals surface area contributed by atoms with Crippen molar-refractivity contribution < 1.29 is 12.6 Å². The van der Waals surface area contributed by atoms with E-state index in [0.29, 0.717) is 16.5 Å². The highest BCUT2D eigenvalue weighted by molar-refractivity contribution is 7.89. The van der Waals surface area contributed by atoms with Crippen molar-refractivity contribution in [1.29, 1.82) is 0 Å². The molecule has 0 aliphatic carbocycles. The van der Waals surface area contributed by atoms with E-state index in [0.717, 1.165) is 11.3 Å². The maximum absolute atomic E-state index is 12.0. The Balaban J connectivity index is 2.35. The Hall–Kier alpha value is -1.40. The third-order valence-electron chi connectivity index (χ3n) is 2.04. The van der Waals surface area contributed by atoms with Crippen LogP contribution in [0.15, 0.2) is 34.5 Å². The van der Waals surface area contributed by atoms with Crippen molar-refractivity contribution in [3.05, 3.63) is 41.0 Å². The van der Waals surface area contributed by atoms with Crippen molar-refractivity contribution in [3.8, 4) is 5.75 Å². The number of benzene rings is 1. The van der Waals surface area contributed by atoms with Crippen LogP contribution in [0.5, 0.6) is 5.75 Å². The van der Waals surface area contributed by atoms with Crippen molar-refractivity contribution in [3.63, 3.8) is 0 Å². The first-order chi connectivity index (χ1) is 7.99. The molecule has 4 nitrogen and oxygen atoms in total. The second kappa shape index (κ2) is 4.46. The van der Waals surface area contributed by atoms with Gasteiger partial charge in [0.05, 0.1) is 10.7 Å². The molecular formula is C11H11NO3S2. The maximum Gasteiger partial charge on any atom is 0.350 e. The molecule has 90 valence electrons. The molecule has 0 amide bonds. The largest absolute Gasteiger partial charge is 0.378 e. The lowest BCUT2D eigenvalue weighted by Gasteiger charge is -2.04. The Morgan fingerprint density at radius 1 is 1.18 bits per heavy atom. The standard InChI is InChI=1S/C11H11NO3S2/c1-8-11(16-9(2)12-8)17(13,14)15-10-6-4-3-5-7-10/h3-7H,1-2H3. The number of rotatable bonds is 3. The third-order valence-corrected chi connectivity index (χ3v) is 4.93. The topological polar surface area (TPSA) is 56.3 Å². The Labute approximate surface area is 104 Å². The van der Waals surface area contributed by atoms with E-state index in [-0.39, 0.29) is 4.21 Å². The molecule has 1 aromatic heterocycles. The summed E-state index contributed by atoms with van der Waals surface area (Å²) in [5, 5.41) is 0.706. The molecule has 0 bridgehead atoms. The number of thiazole rings is 1. The van der Waals surface area contributed by atoms with Gasteiger partial charge in [0, 0.05) is 0 Å². The van der Waals surface area contributed by atoms with Gasteiger partial charge in [0.25, 0.3) is 0 Å². The quantitative estimate of drug-likeness (QED) is 0.803. The van der Waals surface area contributed by atoms with Gasteiger partial charge in [0.1, 0.15) is 5.75 Å². The van der Waals surface area contributed by atoms with Crippen LogP contribution in [0.25, 0.3) is 0 Å². The van der Waals surface area contributed by atoms with Crippen LogP contribution in [0.4, 0.5) is 0 Å². The Kier molecular flexibility index (Phi) is 3.17. The number of aromatic nitrogens is 1. The molecule has 2 rings (SSSR count). The molecule has 0 saturated heterocycles. The molecular weight excluding hydrogens is 258 g/mol. The minimum absolute atomic E-state index is 0.166. The van der Waals surface area contributed by atoms with E-state index in [1.165, 1.54) is 0 Å². The smallest absolute Gasteiger partial charge is 0.350 e. The van der Waals surface area contributed by atoms with Gasteiger partial charge in [-0.05, 0) is 26.0 Å². The highest BCUT2D eigenvalue weighted by atomic mass is 32.3. The molecule has 0 fully saturated rings. The average molecular weight is 269 g/mol. The van der Waals surface area contributed by atoms with E-state index in [4.69, 9.17) is 4.18 Å². The van der Waals surface area contributed by atoms with E-state index in [1.54, 1.807) is 44.2 Å². The van der Waals surface area contributed by atoms with Crippen molar-refractivity contribution >= 4 is 21.5 Å². The van der Waals surface area contributed by atoms with E-state index in [9.17, 15) is 8.42 Å². The first-order valence-corrected chi connectivity index (χ1v) is 7.15. The average Bonchev–Trinajstić information content (AvgIpc) is 2.59. The molecule has 0 spiro atoms. The van der Waals surface area contributed by atoms with Crippen molar-refractivity contribution in [2.24, 2.45) is 0 Å². The van der Waals surface area contributed by atoms with Crippen LogP contribution < -0.4 is 4.18 Å². The van der Waals surface area contributed by atoms with Crippen molar-refractivity contribution in [2.45, 2.75) is 18.1 Å². The fraction of sp³-hybridized carbons (Fsp3) is 0.182. The van der Waals surface area contributed by atoms with Crippen LogP contribution in [0.1, 0.15) is 10.7 Å². The molecule has 0 aliphatic heterocycles. The van der Waals surface area contributed by atoms with Crippen LogP contribution in [0.3, 0.4) is 0 Å². The van der Waals surface area contributed by atoms with Gasteiger partial charge in [0.2, 0.25) is 0 Å². The zero-order valence-electron chi connectivity index (χ0n) is 9.38. The predicted octanol–water partition coefficient (Wildman–Crippen LogP) is 2.53. The van der Waals surface area contributed by atoms with Gasteiger partial charge < -0.3 is 4.18 Å². The van der Waals surface area contributed by atoms with Crippen LogP contribution in [-0.4, -0.2) is 13.4 Å². The molecule has 2 aromatic rings. The van der Waals surface area contributed by atoms with E-state index < -0.39 is 10.1 Å². The summed E-state index contributed by atoms with van der Waals surface area (Å²) in [5.74, 6) is 0.304. The minimum Gasteiger partial charge on any atom is -0.378 e. The number of hydrogen-bond donors (Lipinski definition) is 0. The lowest BCUT2D eigenvalue weighted by molar-refractivity contribution is 0.487. The zero-order valence-corrected chi connectivity index (χ0v) is 11.0. The van der Waals surface area contributed by atoms with Gasteiger partial charge in [-0.1, -0.05) is 18.2 Å². The third kappa shape index (κ3) is 2.65. The monoisotopic (exact) mass is 269 g/mol. The molecule has 6 heteroatoms. The first kappa shape index (κ1) is 12.1. The van der Waals surface area contributed by atoms with Crippen LogP contribution in [-0.2, 0) is 10.1 Å². The summed E-state index contributed by atoms with van der Waals surface area (Å²) in [5.41, 5.74) is 0.475. The van der Waals surface area contributed by atoms with Gasteiger partial charge in [-0.15, -0.1) is 11.3 Å². The Morgan fingerprint density at radius 2 is 1.82 bits per heavy atom. The summed E-state index contributed by atoms with van der Waals surface area (Å²) in [4.78, 5) is 4.08.